The number of aliphatic carboxylic acids is 1. The normalized spacial score (nSPS) is 11.1. The van der Waals surface area contributed by atoms with Gasteiger partial charge in [-0.1, -0.05) is 93.6 Å². The maximum absolute atomic E-state index is 13.0. The summed E-state index contributed by atoms with van der Waals surface area (Å²) in [4.78, 5) is 29.6. The highest BCUT2D eigenvalue weighted by atomic mass is 16.7. The van der Waals surface area contributed by atoms with Crippen molar-refractivity contribution in [3.05, 3.63) is 77.4 Å². The lowest BCUT2D eigenvalue weighted by Gasteiger charge is -2.22. The molecule has 2 aromatic rings. The fourth-order valence-electron chi connectivity index (χ4n) is 3.47. The molecular formula is C28H37NO4. The van der Waals surface area contributed by atoms with Gasteiger partial charge in [-0.2, -0.15) is 0 Å². The second-order valence-corrected chi connectivity index (χ2v) is 8.24. The van der Waals surface area contributed by atoms with Crippen LogP contribution >= 0.6 is 0 Å². The van der Waals surface area contributed by atoms with Crippen LogP contribution in [0.1, 0.15) is 86.2 Å². The number of rotatable bonds is 16. The van der Waals surface area contributed by atoms with Crippen molar-refractivity contribution in [3.63, 3.8) is 0 Å². The first-order chi connectivity index (χ1) is 16.1. The number of hydroxylamine groups is 2. The fraction of sp³-hybridized carbons (Fsp3) is 0.429. The number of carboxylic acid groups (broad SMARTS) is 1. The molecule has 0 atom stereocenters. The molecule has 0 radical (unpaired) electrons. The van der Waals surface area contributed by atoms with E-state index in [9.17, 15) is 9.59 Å². The van der Waals surface area contributed by atoms with Crippen LogP contribution in [0.4, 0.5) is 0 Å². The number of unbranched alkanes of at least 4 members (excludes halogenated alkanes) is 6. The molecule has 178 valence electrons. The summed E-state index contributed by atoms with van der Waals surface area (Å²) in [5.74, 6) is -1.15. The van der Waals surface area contributed by atoms with E-state index in [1.807, 2.05) is 42.5 Å². The molecule has 0 saturated heterocycles. The Morgan fingerprint density at radius 2 is 1.61 bits per heavy atom. The van der Waals surface area contributed by atoms with Crippen molar-refractivity contribution in [2.45, 2.75) is 71.3 Å². The Kier molecular flexibility index (Phi) is 12.6. The zero-order valence-corrected chi connectivity index (χ0v) is 19.7. The first-order valence-electron chi connectivity index (χ1n) is 12.1. The number of nitrogens with zero attached hydrogens (tertiary/aromatic N) is 1. The Hall–Kier alpha value is -2.92. The van der Waals surface area contributed by atoms with Crippen LogP contribution in [-0.2, 0) is 16.2 Å². The highest BCUT2D eigenvalue weighted by molar-refractivity contribution is 5.93. The molecule has 1 amide bonds. The Bertz CT molecular complexity index is 846. The lowest BCUT2D eigenvalue weighted by molar-refractivity contribution is -0.142. The fourth-order valence-corrected chi connectivity index (χ4v) is 3.47. The molecule has 0 aliphatic carbocycles. The number of benzene rings is 2. The molecule has 1 N–H and O–H groups in total. The van der Waals surface area contributed by atoms with Crippen molar-refractivity contribution < 1.29 is 19.5 Å². The lowest BCUT2D eigenvalue weighted by atomic mass is 10.1. The number of carbonyl (C=O) groups excluding carboxylic acids is 1. The molecule has 0 aliphatic heterocycles. The minimum Gasteiger partial charge on any atom is -0.481 e. The third-order valence-electron chi connectivity index (χ3n) is 5.40. The summed E-state index contributed by atoms with van der Waals surface area (Å²) in [6, 6.07) is 17.0. The van der Waals surface area contributed by atoms with Crippen LogP contribution in [0.3, 0.4) is 0 Å². The van der Waals surface area contributed by atoms with Crippen molar-refractivity contribution in [2.75, 3.05) is 6.54 Å². The Balaban J connectivity index is 1.88. The molecular weight excluding hydrogens is 414 g/mol. The van der Waals surface area contributed by atoms with Gasteiger partial charge < -0.3 is 5.11 Å². The van der Waals surface area contributed by atoms with E-state index in [2.05, 4.69) is 19.1 Å². The monoisotopic (exact) mass is 451 g/mol. The molecule has 2 aromatic carbocycles. The van der Waals surface area contributed by atoms with Gasteiger partial charge >= 0.3 is 5.97 Å². The Labute approximate surface area is 198 Å². The van der Waals surface area contributed by atoms with E-state index in [-0.39, 0.29) is 25.5 Å². The van der Waals surface area contributed by atoms with Crippen LogP contribution in [0.25, 0.3) is 6.08 Å². The maximum Gasteiger partial charge on any atom is 0.303 e. The standard InChI is InChI=1S/C28H37NO4/c1-2-3-4-5-6-7-8-10-14-24-18-20-26(21-19-24)28(32)29(22-13-17-27(30)31)33-23-25-15-11-9-12-16-25/h9-12,14-16,18-21H,2-8,13,17,22-23H2,1H3,(H,30,31)/b14-10-. The van der Waals surface area contributed by atoms with E-state index < -0.39 is 5.97 Å². The van der Waals surface area contributed by atoms with Crippen molar-refractivity contribution in [1.82, 2.24) is 5.06 Å². The summed E-state index contributed by atoms with van der Waals surface area (Å²) in [7, 11) is 0. The zero-order chi connectivity index (χ0) is 23.7. The smallest absolute Gasteiger partial charge is 0.303 e. The summed E-state index contributed by atoms with van der Waals surface area (Å²) in [6.45, 7) is 2.70. The second-order valence-electron chi connectivity index (χ2n) is 8.24. The van der Waals surface area contributed by atoms with E-state index in [4.69, 9.17) is 9.94 Å². The highest BCUT2D eigenvalue weighted by Crippen LogP contribution is 2.14. The van der Waals surface area contributed by atoms with Gasteiger partial charge in [0, 0.05) is 18.5 Å². The van der Waals surface area contributed by atoms with Crippen LogP contribution in [0.15, 0.2) is 60.7 Å². The molecule has 0 unspecified atom stereocenters. The molecule has 0 aliphatic rings. The summed E-state index contributed by atoms with van der Waals surface area (Å²) < 4.78 is 0. The number of hydrogen-bond acceptors (Lipinski definition) is 3. The molecule has 0 fully saturated rings. The molecule has 33 heavy (non-hydrogen) atoms. The van der Waals surface area contributed by atoms with Crippen LogP contribution in [0.5, 0.6) is 0 Å². The zero-order valence-electron chi connectivity index (χ0n) is 19.7. The van der Waals surface area contributed by atoms with Crippen molar-refractivity contribution in [1.29, 1.82) is 0 Å². The summed E-state index contributed by atoms with van der Waals surface area (Å²) in [5, 5.41) is 10.2. The number of carboxylic acids is 1. The average molecular weight is 452 g/mol. The minimum atomic E-state index is -0.887. The number of allylic oxidation sites excluding steroid dienone is 1. The van der Waals surface area contributed by atoms with Gasteiger partial charge in [0.25, 0.3) is 5.91 Å². The average Bonchev–Trinajstić information content (AvgIpc) is 2.83. The summed E-state index contributed by atoms with van der Waals surface area (Å²) in [5.41, 5.74) is 2.52. The third-order valence-corrected chi connectivity index (χ3v) is 5.40. The third kappa shape index (κ3) is 11.0. The van der Waals surface area contributed by atoms with Crippen LogP contribution in [0, 0.1) is 0 Å². The van der Waals surface area contributed by atoms with Crippen molar-refractivity contribution in [2.24, 2.45) is 0 Å². The number of carbonyl (C=O) groups is 2. The van der Waals surface area contributed by atoms with Gasteiger partial charge in [-0.15, -0.1) is 0 Å². The minimum absolute atomic E-state index is 0.0131. The van der Waals surface area contributed by atoms with Gasteiger partial charge in [-0.3, -0.25) is 14.4 Å². The quantitative estimate of drug-likeness (QED) is 0.223. The largest absolute Gasteiger partial charge is 0.481 e. The van der Waals surface area contributed by atoms with E-state index >= 15 is 0 Å². The van der Waals surface area contributed by atoms with E-state index in [1.165, 1.54) is 43.6 Å². The van der Waals surface area contributed by atoms with Gasteiger partial charge in [-0.25, -0.2) is 5.06 Å². The van der Waals surface area contributed by atoms with Gasteiger partial charge in [0.1, 0.15) is 6.61 Å². The maximum atomic E-state index is 13.0. The Morgan fingerprint density at radius 3 is 2.30 bits per heavy atom. The predicted octanol–water partition coefficient (Wildman–Crippen LogP) is 6.89. The molecule has 0 saturated carbocycles. The van der Waals surface area contributed by atoms with Gasteiger partial charge in [-0.05, 0) is 42.5 Å². The van der Waals surface area contributed by atoms with Gasteiger partial charge in [0.05, 0.1) is 0 Å². The SMILES string of the molecule is CCCCCCCC/C=C\c1ccc(C(=O)N(CCCC(=O)O)OCc2ccccc2)cc1. The number of hydrogen-bond donors (Lipinski definition) is 1. The molecule has 2 rings (SSSR count). The van der Waals surface area contributed by atoms with Crippen LogP contribution < -0.4 is 0 Å². The van der Waals surface area contributed by atoms with E-state index in [0.29, 0.717) is 12.0 Å². The van der Waals surface area contributed by atoms with E-state index in [1.54, 1.807) is 12.1 Å². The molecule has 0 bridgehead atoms. The molecule has 5 heteroatoms. The predicted molar refractivity (Wildman–Crippen MR) is 133 cm³/mol. The van der Waals surface area contributed by atoms with Crippen molar-refractivity contribution in [3.8, 4) is 0 Å². The highest BCUT2D eigenvalue weighted by Gasteiger charge is 2.17. The van der Waals surface area contributed by atoms with Crippen molar-refractivity contribution >= 4 is 18.0 Å². The van der Waals surface area contributed by atoms with Crippen LogP contribution in [0.2, 0.25) is 0 Å². The molecule has 0 spiro atoms. The molecule has 0 heterocycles. The Morgan fingerprint density at radius 1 is 0.909 bits per heavy atom. The molecule has 0 aromatic heterocycles. The first-order valence-corrected chi connectivity index (χ1v) is 12.1. The molecule has 5 nitrogen and oxygen atoms in total. The first kappa shape index (κ1) is 26.3. The van der Waals surface area contributed by atoms with Gasteiger partial charge in [0.15, 0.2) is 0 Å². The number of amides is 1. The summed E-state index contributed by atoms with van der Waals surface area (Å²) >= 11 is 0. The van der Waals surface area contributed by atoms with Gasteiger partial charge in [0.2, 0.25) is 0 Å². The van der Waals surface area contributed by atoms with Crippen LogP contribution in [-0.4, -0.2) is 28.6 Å². The second kappa shape index (κ2) is 15.8. The lowest BCUT2D eigenvalue weighted by Crippen LogP contribution is -2.32. The van der Waals surface area contributed by atoms with E-state index in [0.717, 1.165) is 17.5 Å². The topological polar surface area (TPSA) is 66.8 Å². The summed E-state index contributed by atoms with van der Waals surface area (Å²) in [6.07, 6.45) is 13.4.